The minimum atomic E-state index is 0.200. The Hall–Kier alpha value is -1.75. The van der Waals surface area contributed by atoms with Crippen LogP contribution in [0, 0.1) is 13.8 Å². The van der Waals surface area contributed by atoms with Gasteiger partial charge in [0.05, 0.1) is 18.3 Å². The molecule has 4 nitrogen and oxygen atoms in total. The Morgan fingerprint density at radius 1 is 1.40 bits per heavy atom. The first-order valence-corrected chi connectivity index (χ1v) is 7.55. The molecule has 5 heteroatoms. The molecule has 2 rings (SSSR count). The number of aryl methyl sites for hydroxylation is 2. The summed E-state index contributed by atoms with van der Waals surface area (Å²) in [6.07, 6.45) is 0. The topological polar surface area (TPSA) is 60.2 Å². The van der Waals surface area contributed by atoms with Gasteiger partial charge in [-0.25, -0.2) is 0 Å². The molecule has 2 aromatic heterocycles. The number of hydrogen-bond acceptors (Lipinski definition) is 5. The van der Waals surface area contributed by atoms with E-state index in [0.717, 1.165) is 5.82 Å². The second-order valence-corrected chi connectivity index (χ2v) is 6.22. The van der Waals surface area contributed by atoms with Gasteiger partial charge in [-0.3, -0.25) is 0 Å². The van der Waals surface area contributed by atoms with E-state index >= 15 is 0 Å². The molecular weight excluding hydrogens is 270 g/mol. The number of pyridine rings is 1. The number of anilines is 2. The Bertz CT molecular complexity index is 595. The quantitative estimate of drug-likeness (QED) is 0.876. The van der Waals surface area contributed by atoms with Crippen LogP contribution >= 0.6 is 11.3 Å². The number of nitrogens with zero attached hydrogens (tertiary/aromatic N) is 1. The van der Waals surface area contributed by atoms with Gasteiger partial charge in [0.2, 0.25) is 5.88 Å². The average Bonchev–Trinajstić information content (AvgIpc) is 2.73. The SMILES string of the molecule is CCOc1nc(NC(C)c2cc(C)sc2C)ccc1N. The maximum atomic E-state index is 5.83. The van der Waals surface area contributed by atoms with E-state index in [2.05, 4.69) is 37.1 Å². The molecule has 0 aliphatic carbocycles. The van der Waals surface area contributed by atoms with E-state index in [1.54, 1.807) is 0 Å². The molecule has 1 unspecified atom stereocenters. The molecule has 0 aliphatic heterocycles. The zero-order valence-electron chi connectivity index (χ0n) is 12.4. The lowest BCUT2D eigenvalue weighted by molar-refractivity contribution is 0.329. The lowest BCUT2D eigenvalue weighted by Gasteiger charge is -2.16. The number of nitrogens with two attached hydrogens (primary N) is 1. The lowest BCUT2D eigenvalue weighted by atomic mass is 10.1. The Labute approximate surface area is 124 Å². The van der Waals surface area contributed by atoms with Crippen molar-refractivity contribution >= 4 is 22.8 Å². The molecule has 0 spiro atoms. The van der Waals surface area contributed by atoms with Gasteiger partial charge in [0.25, 0.3) is 0 Å². The molecule has 2 aromatic rings. The molecule has 0 radical (unpaired) electrons. The molecule has 0 saturated carbocycles. The van der Waals surface area contributed by atoms with Crippen LogP contribution in [0.4, 0.5) is 11.5 Å². The highest BCUT2D eigenvalue weighted by Crippen LogP contribution is 2.29. The first kappa shape index (κ1) is 14.7. The van der Waals surface area contributed by atoms with Crippen molar-refractivity contribution in [1.82, 2.24) is 4.98 Å². The fourth-order valence-electron chi connectivity index (χ4n) is 2.16. The van der Waals surface area contributed by atoms with Crippen molar-refractivity contribution < 1.29 is 4.74 Å². The third-order valence-electron chi connectivity index (χ3n) is 3.08. The minimum absolute atomic E-state index is 0.200. The van der Waals surface area contributed by atoms with Crippen LogP contribution < -0.4 is 15.8 Å². The van der Waals surface area contributed by atoms with Crippen LogP contribution in [0.25, 0.3) is 0 Å². The number of nitrogen functional groups attached to an aromatic ring is 1. The molecule has 0 fully saturated rings. The van der Waals surface area contributed by atoms with Crippen LogP contribution in [0.2, 0.25) is 0 Å². The molecule has 0 bridgehead atoms. The van der Waals surface area contributed by atoms with Crippen molar-refractivity contribution in [3.05, 3.63) is 33.5 Å². The minimum Gasteiger partial charge on any atom is -0.476 e. The summed E-state index contributed by atoms with van der Waals surface area (Å²) in [6, 6.07) is 6.12. The number of hydrogen-bond donors (Lipinski definition) is 2. The van der Waals surface area contributed by atoms with Crippen LogP contribution in [0.15, 0.2) is 18.2 Å². The van der Waals surface area contributed by atoms with Crippen molar-refractivity contribution in [1.29, 1.82) is 0 Å². The third kappa shape index (κ3) is 3.22. The van der Waals surface area contributed by atoms with Crippen molar-refractivity contribution in [3.8, 4) is 5.88 Å². The number of nitrogens with one attached hydrogen (secondary N) is 1. The van der Waals surface area contributed by atoms with Crippen LogP contribution in [0.5, 0.6) is 5.88 Å². The molecule has 0 aromatic carbocycles. The maximum Gasteiger partial charge on any atom is 0.239 e. The van der Waals surface area contributed by atoms with E-state index in [4.69, 9.17) is 10.5 Å². The number of thiophene rings is 1. The Morgan fingerprint density at radius 2 is 2.15 bits per heavy atom. The van der Waals surface area contributed by atoms with Gasteiger partial charge in [0.15, 0.2) is 0 Å². The van der Waals surface area contributed by atoms with Gasteiger partial charge in [-0.1, -0.05) is 0 Å². The summed E-state index contributed by atoms with van der Waals surface area (Å²) in [6.45, 7) is 8.88. The van der Waals surface area contributed by atoms with Crippen LogP contribution in [-0.4, -0.2) is 11.6 Å². The lowest BCUT2D eigenvalue weighted by Crippen LogP contribution is -2.09. The molecule has 3 N–H and O–H groups in total. The van der Waals surface area contributed by atoms with E-state index in [1.807, 2.05) is 30.4 Å². The zero-order chi connectivity index (χ0) is 14.7. The summed E-state index contributed by atoms with van der Waals surface area (Å²) in [7, 11) is 0. The Kier molecular flexibility index (Phi) is 4.49. The highest BCUT2D eigenvalue weighted by molar-refractivity contribution is 7.12. The highest BCUT2D eigenvalue weighted by Gasteiger charge is 2.12. The summed E-state index contributed by atoms with van der Waals surface area (Å²) in [5.74, 6) is 1.27. The monoisotopic (exact) mass is 291 g/mol. The average molecular weight is 291 g/mol. The smallest absolute Gasteiger partial charge is 0.239 e. The molecule has 0 amide bonds. The second kappa shape index (κ2) is 6.13. The first-order chi connectivity index (χ1) is 9.51. The second-order valence-electron chi connectivity index (χ2n) is 4.76. The van der Waals surface area contributed by atoms with Gasteiger partial charge in [0, 0.05) is 9.75 Å². The molecule has 0 aliphatic rings. The van der Waals surface area contributed by atoms with Gasteiger partial charge < -0.3 is 15.8 Å². The van der Waals surface area contributed by atoms with E-state index < -0.39 is 0 Å². The summed E-state index contributed by atoms with van der Waals surface area (Å²) in [5.41, 5.74) is 7.70. The van der Waals surface area contributed by atoms with E-state index in [1.165, 1.54) is 15.3 Å². The Balaban J connectivity index is 2.17. The number of rotatable bonds is 5. The molecule has 0 saturated heterocycles. The summed E-state index contributed by atoms with van der Waals surface area (Å²) >= 11 is 1.82. The molecule has 1 atom stereocenters. The predicted octanol–water partition coefficient (Wildman–Crippen LogP) is 3.91. The van der Waals surface area contributed by atoms with E-state index in [-0.39, 0.29) is 6.04 Å². The molecule has 2 heterocycles. The normalized spacial score (nSPS) is 12.2. The van der Waals surface area contributed by atoms with E-state index in [0.29, 0.717) is 18.2 Å². The van der Waals surface area contributed by atoms with Gasteiger partial charge in [-0.15, -0.1) is 11.3 Å². The number of ether oxygens (including phenoxy) is 1. The van der Waals surface area contributed by atoms with Gasteiger partial charge in [0.1, 0.15) is 5.82 Å². The third-order valence-corrected chi connectivity index (χ3v) is 4.06. The summed E-state index contributed by atoms with van der Waals surface area (Å²) < 4.78 is 5.42. The highest BCUT2D eigenvalue weighted by atomic mass is 32.1. The van der Waals surface area contributed by atoms with Crippen LogP contribution in [0.3, 0.4) is 0 Å². The predicted molar refractivity (Wildman–Crippen MR) is 85.6 cm³/mol. The fraction of sp³-hybridized carbons (Fsp3) is 0.400. The maximum absolute atomic E-state index is 5.83. The Morgan fingerprint density at radius 3 is 2.75 bits per heavy atom. The van der Waals surface area contributed by atoms with E-state index in [9.17, 15) is 0 Å². The van der Waals surface area contributed by atoms with Crippen LogP contribution in [0.1, 0.15) is 35.2 Å². The molecule has 20 heavy (non-hydrogen) atoms. The summed E-state index contributed by atoms with van der Waals surface area (Å²) in [4.78, 5) is 7.07. The van der Waals surface area contributed by atoms with Crippen molar-refractivity contribution in [2.75, 3.05) is 17.7 Å². The number of aromatic nitrogens is 1. The first-order valence-electron chi connectivity index (χ1n) is 6.74. The molecular formula is C15H21N3OS. The van der Waals surface area contributed by atoms with Crippen molar-refractivity contribution in [2.24, 2.45) is 0 Å². The van der Waals surface area contributed by atoms with Gasteiger partial charge in [-0.2, -0.15) is 4.98 Å². The largest absolute Gasteiger partial charge is 0.476 e. The van der Waals surface area contributed by atoms with Crippen molar-refractivity contribution in [2.45, 2.75) is 33.7 Å². The zero-order valence-corrected chi connectivity index (χ0v) is 13.2. The van der Waals surface area contributed by atoms with Gasteiger partial charge in [-0.05, 0) is 51.5 Å². The van der Waals surface area contributed by atoms with Gasteiger partial charge >= 0.3 is 0 Å². The standard InChI is InChI=1S/C15H21N3OS/c1-5-19-15-13(16)6-7-14(18-15)17-10(3)12-8-9(2)20-11(12)4/h6-8,10H,5,16H2,1-4H3,(H,17,18). The molecule has 108 valence electrons. The summed E-state index contributed by atoms with van der Waals surface area (Å²) in [5, 5.41) is 3.40. The van der Waals surface area contributed by atoms with Crippen LogP contribution in [-0.2, 0) is 0 Å². The fourth-order valence-corrected chi connectivity index (χ4v) is 3.19. The van der Waals surface area contributed by atoms with Crippen molar-refractivity contribution in [3.63, 3.8) is 0 Å².